The zero-order valence-electron chi connectivity index (χ0n) is 22.2. The molecule has 0 bridgehead atoms. The number of terminal acetylenes is 1. The van der Waals surface area contributed by atoms with E-state index < -0.39 is 0 Å². The van der Waals surface area contributed by atoms with E-state index in [1.165, 1.54) is 6.08 Å². The Morgan fingerprint density at radius 2 is 2.08 bits per heavy atom. The van der Waals surface area contributed by atoms with Gasteiger partial charge in [-0.15, -0.1) is 12.8 Å². The molecule has 1 atom stereocenters. The van der Waals surface area contributed by atoms with Crippen LogP contribution in [-0.4, -0.2) is 36.3 Å². The van der Waals surface area contributed by atoms with Crippen molar-refractivity contribution in [2.45, 2.75) is 58.6 Å². The minimum atomic E-state index is -0.0688. The summed E-state index contributed by atoms with van der Waals surface area (Å²) >= 11 is 0. The Balaban J connectivity index is 0.00000235. The number of fused-ring (bicyclic) bond motifs is 1. The summed E-state index contributed by atoms with van der Waals surface area (Å²) in [6, 6.07) is 6.28. The van der Waals surface area contributed by atoms with Crippen LogP contribution in [-0.2, 0) is 16.1 Å². The Morgan fingerprint density at radius 1 is 1.27 bits per heavy atom. The Hall–Kier alpha value is -3.69. The van der Waals surface area contributed by atoms with Crippen LogP contribution in [0.3, 0.4) is 0 Å². The van der Waals surface area contributed by atoms with E-state index in [9.17, 15) is 4.39 Å². The van der Waals surface area contributed by atoms with Crippen LogP contribution in [0.2, 0.25) is 0 Å². The molecule has 1 aromatic rings. The first kappa shape index (κ1) is 29.5. The Labute approximate surface area is 221 Å². The lowest BCUT2D eigenvalue weighted by Crippen LogP contribution is -2.31. The van der Waals surface area contributed by atoms with Gasteiger partial charge < -0.3 is 14.5 Å². The summed E-state index contributed by atoms with van der Waals surface area (Å²) in [5.41, 5.74) is 5.97. The molecule has 6 heteroatoms. The fourth-order valence-electron chi connectivity index (χ4n) is 4.08. The first-order valence-electron chi connectivity index (χ1n) is 12.6. The smallest absolute Gasteiger partial charge is 0.154 e. The highest BCUT2D eigenvalue weighted by Gasteiger charge is 2.26. The number of oxime groups is 1. The maximum atomic E-state index is 12.7. The van der Waals surface area contributed by atoms with E-state index in [1.54, 1.807) is 19.3 Å². The van der Waals surface area contributed by atoms with E-state index in [0.29, 0.717) is 19.5 Å². The molecule has 5 nitrogen and oxygen atoms in total. The first-order valence-corrected chi connectivity index (χ1v) is 12.6. The fourth-order valence-corrected chi connectivity index (χ4v) is 4.08. The third-order valence-electron chi connectivity index (χ3n) is 6.11. The van der Waals surface area contributed by atoms with E-state index in [4.69, 9.17) is 14.6 Å². The van der Waals surface area contributed by atoms with Crippen molar-refractivity contribution in [3.8, 4) is 12.8 Å². The van der Waals surface area contributed by atoms with Gasteiger partial charge in [-0.1, -0.05) is 61.9 Å². The lowest BCUT2D eigenvalue weighted by molar-refractivity contribution is 0.111. The highest BCUT2D eigenvalue weighted by atomic mass is 19.1. The molecule has 0 saturated carbocycles. The average molecular weight is 504 g/mol. The monoisotopic (exact) mass is 503 g/mol. The number of hydrogen-bond acceptors (Lipinski definition) is 5. The SMILES string of the molecule is C#C.C=C/C(=C\C=C\F)N1Cc2ccc(C3=NOC(/C(C)=C/C=C\COC)C3)cc2N=C1CCCCC. The van der Waals surface area contributed by atoms with E-state index in [-0.39, 0.29) is 6.10 Å². The van der Waals surface area contributed by atoms with Crippen molar-refractivity contribution in [2.24, 2.45) is 10.1 Å². The molecule has 0 amide bonds. The molecule has 0 fully saturated rings. The topological polar surface area (TPSA) is 46.4 Å². The highest BCUT2D eigenvalue weighted by Crippen LogP contribution is 2.33. The van der Waals surface area contributed by atoms with E-state index >= 15 is 0 Å². The number of unbranched alkanes of at least 4 members (excludes halogenated alkanes) is 2. The van der Waals surface area contributed by atoms with Crippen LogP contribution in [0.25, 0.3) is 0 Å². The largest absolute Gasteiger partial charge is 0.387 e. The molecule has 0 spiro atoms. The summed E-state index contributed by atoms with van der Waals surface area (Å²) in [6.45, 7) is 9.42. The molecule has 1 aromatic carbocycles. The quantitative estimate of drug-likeness (QED) is 0.168. The van der Waals surface area contributed by atoms with E-state index in [0.717, 1.165) is 71.7 Å². The number of amidine groups is 1. The second-order valence-electron chi connectivity index (χ2n) is 8.66. The van der Waals surface area contributed by atoms with Crippen LogP contribution in [0.1, 0.15) is 57.1 Å². The molecule has 0 aliphatic carbocycles. The third kappa shape index (κ3) is 8.44. The van der Waals surface area contributed by atoms with Crippen molar-refractivity contribution in [1.29, 1.82) is 0 Å². The molecule has 3 rings (SSSR count). The van der Waals surface area contributed by atoms with Crippen molar-refractivity contribution in [2.75, 3.05) is 13.7 Å². The predicted octanol–water partition coefficient (Wildman–Crippen LogP) is 7.56. The number of allylic oxidation sites excluding steroid dienone is 5. The molecule has 0 saturated heterocycles. The molecule has 2 aliphatic heterocycles. The van der Waals surface area contributed by atoms with Crippen LogP contribution < -0.4 is 0 Å². The molecule has 1 unspecified atom stereocenters. The zero-order valence-corrected chi connectivity index (χ0v) is 22.2. The van der Waals surface area contributed by atoms with Gasteiger partial charge in [0.15, 0.2) is 6.10 Å². The highest BCUT2D eigenvalue weighted by molar-refractivity contribution is 6.02. The molecule has 196 valence electrons. The molecular weight excluding hydrogens is 465 g/mol. The van der Waals surface area contributed by atoms with Crippen molar-refractivity contribution >= 4 is 17.2 Å². The number of ether oxygens (including phenoxy) is 1. The lowest BCUT2D eigenvalue weighted by atomic mass is 9.98. The number of halogens is 1. The average Bonchev–Trinajstić information content (AvgIpc) is 3.43. The van der Waals surface area contributed by atoms with Gasteiger partial charge in [0.2, 0.25) is 0 Å². The Kier molecular flexibility index (Phi) is 12.9. The number of hydrogen-bond donors (Lipinski definition) is 0. The summed E-state index contributed by atoms with van der Waals surface area (Å²) in [5, 5.41) is 4.37. The van der Waals surface area contributed by atoms with Gasteiger partial charge in [0.05, 0.1) is 30.9 Å². The second kappa shape index (κ2) is 16.1. The van der Waals surface area contributed by atoms with Crippen molar-refractivity contribution in [3.63, 3.8) is 0 Å². The minimum absolute atomic E-state index is 0.0688. The van der Waals surface area contributed by atoms with Crippen LogP contribution in [0.4, 0.5) is 10.1 Å². The minimum Gasteiger partial charge on any atom is -0.387 e. The van der Waals surface area contributed by atoms with Gasteiger partial charge in [-0.2, -0.15) is 0 Å². The summed E-state index contributed by atoms with van der Waals surface area (Å²) in [6.07, 6.45) is 24.2. The van der Waals surface area contributed by atoms with Gasteiger partial charge >= 0.3 is 0 Å². The molecule has 0 aromatic heterocycles. The Bertz CT molecular complexity index is 1110. The maximum Gasteiger partial charge on any atom is 0.154 e. The number of rotatable bonds is 12. The van der Waals surface area contributed by atoms with Gasteiger partial charge in [-0.3, -0.25) is 0 Å². The summed E-state index contributed by atoms with van der Waals surface area (Å²) in [5.74, 6) is 0.977. The van der Waals surface area contributed by atoms with Gasteiger partial charge in [-0.05, 0) is 48.8 Å². The van der Waals surface area contributed by atoms with Crippen LogP contribution in [0.15, 0.2) is 89.0 Å². The normalized spacial score (nSPS) is 17.7. The number of methoxy groups -OCH3 is 1. The van der Waals surface area contributed by atoms with Crippen LogP contribution >= 0.6 is 0 Å². The van der Waals surface area contributed by atoms with Gasteiger partial charge in [0.1, 0.15) is 5.84 Å². The summed E-state index contributed by atoms with van der Waals surface area (Å²) in [4.78, 5) is 12.9. The zero-order chi connectivity index (χ0) is 27.0. The van der Waals surface area contributed by atoms with E-state index in [1.807, 2.05) is 18.2 Å². The number of nitrogens with zero attached hydrogens (tertiary/aromatic N) is 3. The molecule has 2 heterocycles. The van der Waals surface area contributed by atoms with Gasteiger partial charge in [-0.25, -0.2) is 9.38 Å². The van der Waals surface area contributed by atoms with Crippen LogP contribution in [0, 0.1) is 12.8 Å². The van der Waals surface area contributed by atoms with Crippen molar-refractivity contribution in [1.82, 2.24) is 4.90 Å². The molecule has 0 N–H and O–H groups in total. The number of aliphatic imine (C=N–C) groups is 1. The van der Waals surface area contributed by atoms with Crippen molar-refractivity contribution < 1.29 is 14.0 Å². The Morgan fingerprint density at radius 3 is 2.78 bits per heavy atom. The molecule has 2 aliphatic rings. The van der Waals surface area contributed by atoms with Crippen LogP contribution in [0.5, 0.6) is 0 Å². The van der Waals surface area contributed by atoms with Gasteiger partial charge in [0, 0.05) is 31.2 Å². The standard InChI is InChI=1S/C29H36FN3O2.C2H2/c1-5-7-8-14-29-31-26-19-23(15-16-24(26)21-33(29)25(6-2)13-11-17-30)27-20-28(35-32-27)22(3)12-9-10-18-34-4;1-2/h6,9-13,15-17,19,28H,2,5,7-8,14,18,20-21H2,1,3-4H3;1-2H/b10-9-,17-11+,22-12+,25-13+;. The fraction of sp³-hybridized carbons (Fsp3) is 0.355. The predicted molar refractivity (Wildman–Crippen MR) is 152 cm³/mol. The van der Waals surface area contributed by atoms with E-state index in [2.05, 4.69) is 61.5 Å². The molecule has 37 heavy (non-hydrogen) atoms. The summed E-state index contributed by atoms with van der Waals surface area (Å²) < 4.78 is 17.7. The maximum absolute atomic E-state index is 12.7. The third-order valence-corrected chi connectivity index (χ3v) is 6.11. The second-order valence-corrected chi connectivity index (χ2v) is 8.66. The first-order chi connectivity index (χ1) is 18.1. The molecule has 0 radical (unpaired) electrons. The lowest BCUT2D eigenvalue weighted by Gasteiger charge is -2.31. The number of benzene rings is 1. The van der Waals surface area contributed by atoms with Crippen molar-refractivity contribution in [3.05, 3.63) is 90.0 Å². The van der Waals surface area contributed by atoms with Gasteiger partial charge in [0.25, 0.3) is 0 Å². The molecular formula is C31H38FN3O2. The summed E-state index contributed by atoms with van der Waals surface area (Å²) in [7, 11) is 1.68.